The summed E-state index contributed by atoms with van der Waals surface area (Å²) in [6.45, 7) is 4.80. The summed E-state index contributed by atoms with van der Waals surface area (Å²) in [6, 6.07) is 3.55. The minimum atomic E-state index is -0.693. The monoisotopic (exact) mass is 345 g/mol. The fraction of sp³-hybridized carbons (Fsp3) is 0.579. The van der Waals surface area contributed by atoms with Crippen LogP contribution in [0.5, 0.6) is 0 Å². The summed E-state index contributed by atoms with van der Waals surface area (Å²) in [4.78, 5) is 22.4. The maximum atomic E-state index is 13.0. The van der Waals surface area contributed by atoms with Crippen molar-refractivity contribution in [1.82, 2.24) is 14.9 Å². The molecule has 1 amide bonds. The second-order valence-electron chi connectivity index (χ2n) is 7.11. The summed E-state index contributed by atoms with van der Waals surface area (Å²) in [5.74, 6) is 1.60. The normalized spacial score (nSPS) is 19.8. The molecule has 0 saturated carbocycles. The van der Waals surface area contributed by atoms with Crippen LogP contribution in [0.15, 0.2) is 29.0 Å². The smallest absolute Gasteiger partial charge is 0.272 e. The predicted octanol–water partition coefficient (Wildman–Crippen LogP) is 3.63. The van der Waals surface area contributed by atoms with Gasteiger partial charge in [-0.1, -0.05) is 26.7 Å². The van der Waals surface area contributed by atoms with Gasteiger partial charge in [0.2, 0.25) is 0 Å². The van der Waals surface area contributed by atoms with Crippen molar-refractivity contribution in [2.45, 2.75) is 64.0 Å². The van der Waals surface area contributed by atoms with Crippen LogP contribution in [0.25, 0.3) is 0 Å². The number of rotatable bonds is 5. The fourth-order valence-electron chi connectivity index (χ4n) is 3.44. The Morgan fingerprint density at radius 2 is 2.28 bits per heavy atom. The Labute approximate surface area is 148 Å². The van der Waals surface area contributed by atoms with Crippen molar-refractivity contribution in [1.29, 1.82) is 0 Å². The molecule has 1 aliphatic heterocycles. The van der Waals surface area contributed by atoms with Gasteiger partial charge in [0.25, 0.3) is 5.91 Å². The van der Waals surface area contributed by atoms with E-state index in [-0.39, 0.29) is 17.9 Å². The zero-order valence-electron chi connectivity index (χ0n) is 14.9. The molecular formula is C19H27N3O3. The number of H-pyrrole nitrogens is 1. The Kier molecular flexibility index (Phi) is 5.58. The minimum Gasteiger partial charge on any atom is -0.467 e. The Balaban J connectivity index is 1.76. The van der Waals surface area contributed by atoms with E-state index in [9.17, 15) is 9.90 Å². The second-order valence-corrected chi connectivity index (χ2v) is 7.11. The van der Waals surface area contributed by atoms with E-state index in [1.54, 1.807) is 24.6 Å². The standard InChI is InChI=1S/C19H27N3O3/c1-13(2)18-20-12-15(21-18)19(24)22-9-5-3-4-7-14(22)11-16(23)17-8-6-10-25-17/h6,8,10,12-14,16,23H,3-5,7,9,11H2,1-2H3,(H,20,21)/t14-,16+/m0/s1. The predicted molar refractivity (Wildman–Crippen MR) is 94.3 cm³/mol. The number of hydrogen-bond acceptors (Lipinski definition) is 4. The lowest BCUT2D eigenvalue weighted by Crippen LogP contribution is -2.41. The molecule has 2 N–H and O–H groups in total. The molecule has 2 aromatic heterocycles. The maximum absolute atomic E-state index is 13.0. The molecule has 0 aromatic carbocycles. The first-order valence-electron chi connectivity index (χ1n) is 9.13. The van der Waals surface area contributed by atoms with Crippen LogP contribution in [0.3, 0.4) is 0 Å². The molecule has 0 aliphatic carbocycles. The number of amides is 1. The fourth-order valence-corrected chi connectivity index (χ4v) is 3.44. The first-order chi connectivity index (χ1) is 12.1. The molecule has 0 bridgehead atoms. The molecule has 136 valence electrons. The number of imidazole rings is 1. The van der Waals surface area contributed by atoms with Gasteiger partial charge in [0.1, 0.15) is 23.4 Å². The topological polar surface area (TPSA) is 82.4 Å². The number of aliphatic hydroxyl groups is 1. The molecule has 1 saturated heterocycles. The number of carbonyl (C=O) groups is 1. The number of nitrogens with one attached hydrogen (secondary N) is 1. The van der Waals surface area contributed by atoms with Crippen LogP contribution in [-0.4, -0.2) is 38.5 Å². The van der Waals surface area contributed by atoms with E-state index >= 15 is 0 Å². The van der Waals surface area contributed by atoms with E-state index < -0.39 is 6.10 Å². The molecule has 0 unspecified atom stereocenters. The zero-order chi connectivity index (χ0) is 17.8. The third-order valence-corrected chi connectivity index (χ3v) is 4.88. The van der Waals surface area contributed by atoms with Gasteiger partial charge in [-0.2, -0.15) is 0 Å². The van der Waals surface area contributed by atoms with Crippen molar-refractivity contribution in [2.75, 3.05) is 6.54 Å². The van der Waals surface area contributed by atoms with Gasteiger partial charge in [0.15, 0.2) is 0 Å². The number of likely N-dealkylation sites (tertiary alicyclic amines) is 1. The Morgan fingerprint density at radius 1 is 1.44 bits per heavy atom. The third kappa shape index (κ3) is 4.12. The van der Waals surface area contributed by atoms with Gasteiger partial charge in [-0.25, -0.2) is 4.98 Å². The van der Waals surface area contributed by atoms with Gasteiger partial charge in [-0.3, -0.25) is 4.79 Å². The van der Waals surface area contributed by atoms with E-state index in [0.29, 0.717) is 24.4 Å². The number of aromatic amines is 1. The van der Waals surface area contributed by atoms with Gasteiger partial charge < -0.3 is 19.4 Å². The summed E-state index contributed by atoms with van der Waals surface area (Å²) in [7, 11) is 0. The molecule has 1 aliphatic rings. The molecule has 6 heteroatoms. The van der Waals surface area contributed by atoms with E-state index in [1.165, 1.54) is 0 Å². The second kappa shape index (κ2) is 7.87. The van der Waals surface area contributed by atoms with Crippen molar-refractivity contribution in [3.05, 3.63) is 41.9 Å². The van der Waals surface area contributed by atoms with E-state index in [2.05, 4.69) is 9.97 Å². The molecule has 6 nitrogen and oxygen atoms in total. The van der Waals surface area contributed by atoms with Gasteiger partial charge in [-0.15, -0.1) is 0 Å². The van der Waals surface area contributed by atoms with Crippen molar-refractivity contribution in [3.63, 3.8) is 0 Å². The summed E-state index contributed by atoms with van der Waals surface area (Å²) in [5, 5.41) is 10.4. The first kappa shape index (κ1) is 17.7. The highest BCUT2D eigenvalue weighted by Gasteiger charge is 2.30. The number of nitrogens with zero attached hydrogens (tertiary/aromatic N) is 2. The molecule has 0 spiro atoms. The number of hydrogen-bond donors (Lipinski definition) is 2. The van der Waals surface area contributed by atoms with E-state index in [4.69, 9.17) is 4.42 Å². The SMILES string of the molecule is CC(C)c1ncc(C(=O)N2CCCCC[C@H]2C[C@@H](O)c2ccco2)[nH]1. The molecule has 25 heavy (non-hydrogen) atoms. The molecular weight excluding hydrogens is 318 g/mol. The van der Waals surface area contributed by atoms with Crippen LogP contribution in [0.1, 0.15) is 80.0 Å². The average Bonchev–Trinajstić information content (AvgIpc) is 3.24. The van der Waals surface area contributed by atoms with Crippen LogP contribution in [-0.2, 0) is 0 Å². The lowest BCUT2D eigenvalue weighted by atomic mass is 10.0. The van der Waals surface area contributed by atoms with Crippen LogP contribution in [0, 0.1) is 0 Å². The zero-order valence-corrected chi connectivity index (χ0v) is 14.9. The van der Waals surface area contributed by atoms with Gasteiger partial charge >= 0.3 is 0 Å². The molecule has 3 rings (SSSR count). The van der Waals surface area contributed by atoms with Crippen molar-refractivity contribution in [2.24, 2.45) is 0 Å². The number of aromatic nitrogens is 2. The van der Waals surface area contributed by atoms with Gasteiger partial charge in [0, 0.05) is 24.9 Å². The summed E-state index contributed by atoms with van der Waals surface area (Å²) >= 11 is 0. The Hall–Kier alpha value is -2.08. The minimum absolute atomic E-state index is 0.000833. The van der Waals surface area contributed by atoms with Crippen LogP contribution in [0.4, 0.5) is 0 Å². The van der Waals surface area contributed by atoms with Gasteiger partial charge in [-0.05, 0) is 25.0 Å². The van der Waals surface area contributed by atoms with Crippen molar-refractivity contribution >= 4 is 5.91 Å². The number of aliphatic hydroxyl groups excluding tert-OH is 1. The summed E-state index contributed by atoms with van der Waals surface area (Å²) < 4.78 is 5.31. The highest BCUT2D eigenvalue weighted by atomic mass is 16.4. The highest BCUT2D eigenvalue weighted by Crippen LogP contribution is 2.27. The first-order valence-corrected chi connectivity index (χ1v) is 9.13. The number of carbonyl (C=O) groups excluding carboxylic acids is 1. The van der Waals surface area contributed by atoms with Crippen LogP contribution >= 0.6 is 0 Å². The van der Waals surface area contributed by atoms with Gasteiger partial charge in [0.05, 0.1) is 12.5 Å². The quantitative estimate of drug-likeness (QED) is 0.867. The Morgan fingerprint density at radius 3 is 2.96 bits per heavy atom. The molecule has 3 heterocycles. The van der Waals surface area contributed by atoms with E-state index in [1.807, 2.05) is 18.7 Å². The highest BCUT2D eigenvalue weighted by molar-refractivity contribution is 5.92. The van der Waals surface area contributed by atoms with Crippen LogP contribution < -0.4 is 0 Å². The Bertz CT molecular complexity index is 678. The summed E-state index contributed by atoms with van der Waals surface area (Å²) in [5.41, 5.74) is 0.531. The third-order valence-electron chi connectivity index (χ3n) is 4.88. The molecule has 0 radical (unpaired) electrons. The van der Waals surface area contributed by atoms with Crippen molar-refractivity contribution < 1.29 is 14.3 Å². The lowest BCUT2D eigenvalue weighted by Gasteiger charge is -2.31. The van der Waals surface area contributed by atoms with Crippen LogP contribution in [0.2, 0.25) is 0 Å². The maximum Gasteiger partial charge on any atom is 0.272 e. The average molecular weight is 345 g/mol. The molecule has 2 atom stereocenters. The number of furan rings is 1. The lowest BCUT2D eigenvalue weighted by molar-refractivity contribution is 0.0552. The van der Waals surface area contributed by atoms with E-state index in [0.717, 1.165) is 31.5 Å². The summed E-state index contributed by atoms with van der Waals surface area (Å²) in [6.07, 6.45) is 7.05. The molecule has 1 fully saturated rings. The molecule has 2 aromatic rings. The van der Waals surface area contributed by atoms with Crippen molar-refractivity contribution in [3.8, 4) is 0 Å². The largest absolute Gasteiger partial charge is 0.467 e.